The highest BCUT2D eigenvalue weighted by molar-refractivity contribution is 5.71. The third-order valence-electron chi connectivity index (χ3n) is 11.0. The number of rotatable bonds is 47. The molecule has 0 aromatic carbocycles. The Bertz CT molecular complexity index is 1310. The maximum Gasteiger partial charge on any atom is 0.306 e. The maximum atomic E-state index is 12.8. The molecular formula is C59H98O6. The molecule has 0 heterocycles. The standard InChI is InChI=1S/C59H98O6/c1-4-7-10-13-16-19-22-25-27-29-31-34-37-40-43-46-49-52-58(61)64-55-56(54-63-57(60)51-48-45-42-39-36-33-24-21-18-15-12-9-6-3)65-59(62)53-50-47-44-41-38-35-32-30-28-26-23-20-17-14-11-8-5-2/h16-17,19-21,24-28,31-32,34-35,40,43,56H,4-15,18,22-23,29-30,33,36-39,41-42,44-55H2,1-3H3/b19-16-,20-17-,24-21-,27-25-,28-26-,34-31-,35-32-,43-40-/t56-/m0/s1. The van der Waals surface area contributed by atoms with Gasteiger partial charge in [0, 0.05) is 19.3 Å². The second-order valence-electron chi connectivity index (χ2n) is 17.4. The highest BCUT2D eigenvalue weighted by atomic mass is 16.6. The largest absolute Gasteiger partial charge is 0.462 e. The van der Waals surface area contributed by atoms with Crippen molar-refractivity contribution in [3.8, 4) is 0 Å². The van der Waals surface area contributed by atoms with Crippen molar-refractivity contribution >= 4 is 17.9 Å². The Labute approximate surface area is 400 Å². The van der Waals surface area contributed by atoms with E-state index in [1.165, 1.54) is 89.9 Å². The van der Waals surface area contributed by atoms with Crippen LogP contribution in [0.3, 0.4) is 0 Å². The Morgan fingerprint density at radius 1 is 0.308 bits per heavy atom. The van der Waals surface area contributed by atoms with Crippen molar-refractivity contribution in [3.63, 3.8) is 0 Å². The van der Waals surface area contributed by atoms with Crippen LogP contribution >= 0.6 is 0 Å². The van der Waals surface area contributed by atoms with Crippen LogP contribution in [0.15, 0.2) is 97.2 Å². The molecule has 0 unspecified atom stereocenters. The van der Waals surface area contributed by atoms with Gasteiger partial charge >= 0.3 is 17.9 Å². The summed E-state index contributed by atoms with van der Waals surface area (Å²) < 4.78 is 16.7. The van der Waals surface area contributed by atoms with E-state index in [2.05, 4.69) is 118 Å². The Hall–Kier alpha value is -3.67. The van der Waals surface area contributed by atoms with Gasteiger partial charge in [-0.15, -0.1) is 0 Å². The van der Waals surface area contributed by atoms with Crippen molar-refractivity contribution in [1.82, 2.24) is 0 Å². The van der Waals surface area contributed by atoms with Gasteiger partial charge in [0.2, 0.25) is 0 Å². The highest BCUT2D eigenvalue weighted by Gasteiger charge is 2.19. The van der Waals surface area contributed by atoms with Crippen LogP contribution in [0.4, 0.5) is 0 Å². The van der Waals surface area contributed by atoms with Crippen molar-refractivity contribution in [1.29, 1.82) is 0 Å². The predicted molar refractivity (Wildman–Crippen MR) is 279 cm³/mol. The number of allylic oxidation sites excluding steroid dienone is 16. The van der Waals surface area contributed by atoms with Crippen LogP contribution < -0.4 is 0 Å². The quantitative estimate of drug-likeness (QED) is 0.0262. The molecule has 0 amide bonds. The molecular weight excluding hydrogens is 805 g/mol. The van der Waals surface area contributed by atoms with E-state index in [0.29, 0.717) is 12.8 Å². The first-order valence-corrected chi connectivity index (χ1v) is 26.7. The molecule has 0 aromatic heterocycles. The van der Waals surface area contributed by atoms with E-state index in [0.717, 1.165) is 103 Å². The van der Waals surface area contributed by atoms with E-state index in [1.807, 2.05) is 0 Å². The smallest absolute Gasteiger partial charge is 0.306 e. The van der Waals surface area contributed by atoms with E-state index in [9.17, 15) is 14.4 Å². The minimum Gasteiger partial charge on any atom is -0.462 e. The van der Waals surface area contributed by atoms with Gasteiger partial charge in [0.05, 0.1) is 0 Å². The molecule has 0 saturated heterocycles. The number of unbranched alkanes of at least 4 members (excludes halogenated alkanes) is 20. The lowest BCUT2D eigenvalue weighted by Gasteiger charge is -2.18. The van der Waals surface area contributed by atoms with Crippen LogP contribution in [-0.4, -0.2) is 37.2 Å². The first kappa shape index (κ1) is 61.3. The van der Waals surface area contributed by atoms with Gasteiger partial charge in [-0.3, -0.25) is 14.4 Å². The summed E-state index contributed by atoms with van der Waals surface area (Å²) in [6, 6.07) is 0. The van der Waals surface area contributed by atoms with Crippen LogP contribution in [0.25, 0.3) is 0 Å². The molecule has 6 nitrogen and oxygen atoms in total. The summed E-state index contributed by atoms with van der Waals surface area (Å²) in [7, 11) is 0. The van der Waals surface area contributed by atoms with Crippen LogP contribution in [-0.2, 0) is 28.6 Å². The first-order valence-electron chi connectivity index (χ1n) is 26.7. The molecule has 0 aliphatic rings. The van der Waals surface area contributed by atoms with Crippen LogP contribution in [0.2, 0.25) is 0 Å². The first-order chi connectivity index (χ1) is 32.0. The van der Waals surface area contributed by atoms with Gasteiger partial charge in [0.15, 0.2) is 6.10 Å². The van der Waals surface area contributed by atoms with Gasteiger partial charge < -0.3 is 14.2 Å². The fourth-order valence-corrected chi connectivity index (χ4v) is 6.96. The number of carbonyl (C=O) groups is 3. The van der Waals surface area contributed by atoms with Crippen LogP contribution in [0.1, 0.15) is 239 Å². The minimum atomic E-state index is -0.815. The van der Waals surface area contributed by atoms with Crippen molar-refractivity contribution in [2.45, 2.75) is 245 Å². The van der Waals surface area contributed by atoms with Gasteiger partial charge in [-0.2, -0.15) is 0 Å². The fourth-order valence-electron chi connectivity index (χ4n) is 6.96. The van der Waals surface area contributed by atoms with E-state index in [-0.39, 0.29) is 44.0 Å². The minimum absolute atomic E-state index is 0.109. The second-order valence-corrected chi connectivity index (χ2v) is 17.4. The molecule has 0 aliphatic carbocycles. The fraction of sp³-hybridized carbons (Fsp3) is 0.678. The second kappa shape index (κ2) is 52.9. The van der Waals surface area contributed by atoms with Crippen LogP contribution in [0.5, 0.6) is 0 Å². The van der Waals surface area contributed by atoms with Crippen molar-refractivity contribution in [2.75, 3.05) is 13.2 Å². The lowest BCUT2D eigenvalue weighted by atomic mass is 10.1. The van der Waals surface area contributed by atoms with Crippen molar-refractivity contribution in [2.24, 2.45) is 0 Å². The molecule has 0 bridgehead atoms. The predicted octanol–water partition coefficient (Wildman–Crippen LogP) is 17.8. The zero-order valence-corrected chi connectivity index (χ0v) is 42.2. The molecule has 65 heavy (non-hydrogen) atoms. The molecule has 0 spiro atoms. The molecule has 0 aliphatic heterocycles. The summed E-state index contributed by atoms with van der Waals surface area (Å²) in [6.07, 6.45) is 69.6. The van der Waals surface area contributed by atoms with E-state index >= 15 is 0 Å². The average molecular weight is 903 g/mol. The van der Waals surface area contributed by atoms with E-state index in [4.69, 9.17) is 14.2 Å². The Morgan fingerprint density at radius 3 is 0.969 bits per heavy atom. The Kier molecular flexibility index (Phi) is 50.0. The normalized spacial score (nSPS) is 12.8. The van der Waals surface area contributed by atoms with Gasteiger partial charge in [-0.1, -0.05) is 195 Å². The molecule has 370 valence electrons. The topological polar surface area (TPSA) is 78.9 Å². The molecule has 1 atom stereocenters. The van der Waals surface area contributed by atoms with E-state index < -0.39 is 6.10 Å². The Balaban J connectivity index is 4.54. The van der Waals surface area contributed by atoms with Gasteiger partial charge in [-0.05, 0) is 122 Å². The zero-order chi connectivity index (χ0) is 47.2. The summed E-state index contributed by atoms with van der Waals surface area (Å²) in [5, 5.41) is 0. The highest BCUT2D eigenvalue weighted by Crippen LogP contribution is 2.12. The third kappa shape index (κ3) is 51.2. The summed E-state index contributed by atoms with van der Waals surface area (Å²) in [4.78, 5) is 38.0. The summed E-state index contributed by atoms with van der Waals surface area (Å²) in [5.74, 6) is -1.000. The molecule has 6 heteroatoms. The number of hydrogen-bond donors (Lipinski definition) is 0. The summed E-state index contributed by atoms with van der Waals surface area (Å²) in [6.45, 7) is 6.49. The summed E-state index contributed by atoms with van der Waals surface area (Å²) in [5.41, 5.74) is 0. The molecule has 0 aromatic rings. The number of ether oxygens (including phenoxy) is 3. The van der Waals surface area contributed by atoms with E-state index in [1.54, 1.807) is 0 Å². The number of carbonyl (C=O) groups excluding carboxylic acids is 3. The SMILES string of the molecule is CCCCC/C=C\C/C=C\C/C=C\C/C=C\CCCC(=O)OC[C@H](COC(=O)CCCCCCC/C=C\CCCCCC)OC(=O)CCCCCC/C=C\C/C=C\C/C=C\CCCCC. The lowest BCUT2D eigenvalue weighted by Crippen LogP contribution is -2.30. The van der Waals surface area contributed by atoms with Gasteiger partial charge in [0.1, 0.15) is 13.2 Å². The number of hydrogen-bond acceptors (Lipinski definition) is 6. The molecule has 0 saturated carbocycles. The lowest BCUT2D eigenvalue weighted by molar-refractivity contribution is -0.167. The van der Waals surface area contributed by atoms with Crippen molar-refractivity contribution in [3.05, 3.63) is 97.2 Å². The molecule has 0 fully saturated rings. The monoisotopic (exact) mass is 903 g/mol. The van der Waals surface area contributed by atoms with Gasteiger partial charge in [0.25, 0.3) is 0 Å². The van der Waals surface area contributed by atoms with Gasteiger partial charge in [-0.25, -0.2) is 0 Å². The van der Waals surface area contributed by atoms with Crippen LogP contribution in [0, 0.1) is 0 Å². The number of esters is 3. The third-order valence-corrected chi connectivity index (χ3v) is 11.0. The zero-order valence-electron chi connectivity index (χ0n) is 42.2. The molecule has 0 radical (unpaired) electrons. The Morgan fingerprint density at radius 2 is 0.569 bits per heavy atom. The maximum absolute atomic E-state index is 12.8. The molecule has 0 N–H and O–H groups in total. The summed E-state index contributed by atoms with van der Waals surface area (Å²) >= 11 is 0. The average Bonchev–Trinajstić information content (AvgIpc) is 3.30. The van der Waals surface area contributed by atoms with Crippen molar-refractivity contribution < 1.29 is 28.6 Å². The molecule has 0 rings (SSSR count).